The van der Waals surface area contributed by atoms with Gasteiger partial charge < -0.3 is 18.5 Å². The molecule has 0 aliphatic carbocycles. The molecule has 0 aliphatic rings. The van der Waals surface area contributed by atoms with E-state index in [9.17, 15) is 4.79 Å². The number of methoxy groups -OCH3 is 2. The number of aromatic nitrogens is 1. The second-order valence-corrected chi connectivity index (χ2v) is 5.42. The van der Waals surface area contributed by atoms with Gasteiger partial charge in [-0.2, -0.15) is 0 Å². The molecule has 0 N–H and O–H groups in total. The van der Waals surface area contributed by atoms with E-state index < -0.39 is 0 Å². The molecule has 0 fully saturated rings. The highest BCUT2D eigenvalue weighted by atomic mass is 16.5. The number of ether oxygens (including phenoxy) is 2. The van der Waals surface area contributed by atoms with Gasteiger partial charge in [0.25, 0.3) is 5.56 Å². The molecule has 5 nitrogen and oxygen atoms in total. The van der Waals surface area contributed by atoms with Crippen molar-refractivity contribution < 1.29 is 13.9 Å². The van der Waals surface area contributed by atoms with Crippen molar-refractivity contribution in [2.45, 2.75) is 0 Å². The summed E-state index contributed by atoms with van der Waals surface area (Å²) in [5.41, 5.74) is 1.91. The van der Waals surface area contributed by atoms with Gasteiger partial charge in [-0.3, -0.25) is 4.79 Å². The Kier molecular flexibility index (Phi) is 2.84. The minimum atomic E-state index is -0.0929. The molecule has 2 heterocycles. The summed E-state index contributed by atoms with van der Waals surface area (Å²) in [4.78, 5) is 12.8. The van der Waals surface area contributed by atoms with Crippen molar-refractivity contribution >= 4 is 32.8 Å². The van der Waals surface area contributed by atoms with Crippen LogP contribution < -0.4 is 15.0 Å². The molecule has 0 amide bonds. The van der Waals surface area contributed by atoms with Gasteiger partial charge in [-0.1, -0.05) is 0 Å². The van der Waals surface area contributed by atoms with Gasteiger partial charge in [-0.05, 0) is 24.3 Å². The van der Waals surface area contributed by atoms with Crippen molar-refractivity contribution in [1.29, 1.82) is 0 Å². The highest BCUT2D eigenvalue weighted by Crippen LogP contribution is 2.34. The fourth-order valence-electron chi connectivity index (χ4n) is 2.99. The number of rotatable bonds is 2. The zero-order valence-electron chi connectivity index (χ0n) is 13.0. The number of furan rings is 1. The molecule has 0 saturated heterocycles. The predicted octanol–water partition coefficient (Wildman–Crippen LogP) is 3.46. The van der Waals surface area contributed by atoms with Gasteiger partial charge in [0.15, 0.2) is 0 Å². The van der Waals surface area contributed by atoms with E-state index in [1.807, 2.05) is 30.3 Å². The van der Waals surface area contributed by atoms with E-state index in [4.69, 9.17) is 13.9 Å². The fourth-order valence-corrected chi connectivity index (χ4v) is 2.99. The van der Waals surface area contributed by atoms with E-state index in [2.05, 4.69) is 0 Å². The number of hydrogen-bond acceptors (Lipinski definition) is 4. The lowest BCUT2D eigenvalue weighted by molar-refractivity contribution is 0.414. The number of fused-ring (bicyclic) bond motifs is 5. The molecule has 0 aliphatic heterocycles. The van der Waals surface area contributed by atoms with Crippen molar-refractivity contribution in [3.05, 3.63) is 46.8 Å². The Bertz CT molecular complexity index is 1120. The Morgan fingerprint density at radius 2 is 1.61 bits per heavy atom. The average Bonchev–Trinajstić information content (AvgIpc) is 2.97. The topological polar surface area (TPSA) is 53.6 Å². The van der Waals surface area contributed by atoms with Gasteiger partial charge in [0.2, 0.25) is 0 Å². The second kappa shape index (κ2) is 4.78. The zero-order chi connectivity index (χ0) is 16.1. The monoisotopic (exact) mass is 309 g/mol. The van der Waals surface area contributed by atoms with Crippen LogP contribution in [0.2, 0.25) is 0 Å². The Morgan fingerprint density at radius 1 is 0.957 bits per heavy atom. The molecule has 0 saturated carbocycles. The van der Waals surface area contributed by atoms with Crippen molar-refractivity contribution in [2.24, 2.45) is 7.05 Å². The summed E-state index contributed by atoms with van der Waals surface area (Å²) in [6.45, 7) is 0. The molecule has 5 heteroatoms. The molecule has 0 unspecified atom stereocenters. The quantitative estimate of drug-likeness (QED) is 0.569. The molecule has 0 atom stereocenters. The molecule has 0 bridgehead atoms. The Balaban J connectivity index is 2.23. The summed E-state index contributed by atoms with van der Waals surface area (Å²) in [7, 11) is 4.96. The van der Waals surface area contributed by atoms with Crippen molar-refractivity contribution in [2.75, 3.05) is 14.2 Å². The standard InChI is InChI=1S/C18H15NO4/c1-19-14-8-10(21-2)4-6-12(14)17-16(18(19)20)13-7-5-11(22-3)9-15(13)23-17/h4-9H,1-3H3. The minimum absolute atomic E-state index is 0.0929. The lowest BCUT2D eigenvalue weighted by atomic mass is 10.1. The Labute approximate surface area is 131 Å². The highest BCUT2D eigenvalue weighted by Gasteiger charge is 2.17. The molecule has 2 aromatic carbocycles. The van der Waals surface area contributed by atoms with E-state index in [0.717, 1.165) is 16.3 Å². The zero-order valence-corrected chi connectivity index (χ0v) is 13.0. The second-order valence-electron chi connectivity index (χ2n) is 5.42. The molecule has 116 valence electrons. The van der Waals surface area contributed by atoms with Gasteiger partial charge in [0.1, 0.15) is 22.7 Å². The lowest BCUT2D eigenvalue weighted by Crippen LogP contribution is -2.16. The normalized spacial score (nSPS) is 11.4. The maximum absolute atomic E-state index is 12.8. The van der Waals surface area contributed by atoms with Crippen molar-refractivity contribution in [3.63, 3.8) is 0 Å². The molecule has 0 radical (unpaired) electrons. The SMILES string of the molecule is COc1ccc2c(c1)oc1c3ccc(OC)cc3n(C)c(=O)c21. The van der Waals surface area contributed by atoms with Crippen LogP contribution in [0.25, 0.3) is 32.8 Å². The maximum Gasteiger partial charge on any atom is 0.262 e. The van der Waals surface area contributed by atoms with Gasteiger partial charge in [0.05, 0.1) is 25.1 Å². The van der Waals surface area contributed by atoms with Gasteiger partial charge in [-0.25, -0.2) is 0 Å². The first-order chi connectivity index (χ1) is 11.1. The summed E-state index contributed by atoms with van der Waals surface area (Å²) in [6.07, 6.45) is 0. The predicted molar refractivity (Wildman–Crippen MR) is 89.6 cm³/mol. The van der Waals surface area contributed by atoms with E-state index in [1.54, 1.807) is 31.9 Å². The minimum Gasteiger partial charge on any atom is -0.497 e. The largest absolute Gasteiger partial charge is 0.497 e. The Hall–Kier alpha value is -2.95. The maximum atomic E-state index is 12.8. The van der Waals surface area contributed by atoms with Gasteiger partial charge in [-0.15, -0.1) is 0 Å². The van der Waals surface area contributed by atoms with Crippen molar-refractivity contribution in [3.8, 4) is 11.5 Å². The first-order valence-electron chi connectivity index (χ1n) is 7.21. The molecule has 23 heavy (non-hydrogen) atoms. The smallest absolute Gasteiger partial charge is 0.262 e. The van der Waals surface area contributed by atoms with Crippen LogP contribution in [0.15, 0.2) is 45.6 Å². The van der Waals surface area contributed by atoms with Crippen LogP contribution in [-0.4, -0.2) is 18.8 Å². The van der Waals surface area contributed by atoms with Crippen LogP contribution >= 0.6 is 0 Å². The van der Waals surface area contributed by atoms with Crippen LogP contribution in [-0.2, 0) is 7.05 Å². The van der Waals surface area contributed by atoms with Crippen LogP contribution in [0.1, 0.15) is 0 Å². The first kappa shape index (κ1) is 13.7. The molecule has 4 aromatic rings. The van der Waals surface area contributed by atoms with Gasteiger partial charge in [0, 0.05) is 30.0 Å². The third kappa shape index (κ3) is 1.83. The molecular formula is C18H15NO4. The van der Waals surface area contributed by atoms with Crippen LogP contribution in [0, 0.1) is 0 Å². The summed E-state index contributed by atoms with van der Waals surface area (Å²) in [5.74, 6) is 1.39. The lowest BCUT2D eigenvalue weighted by Gasteiger charge is -2.07. The summed E-state index contributed by atoms with van der Waals surface area (Å²) in [6, 6.07) is 11.1. The number of pyridine rings is 1. The number of hydrogen-bond donors (Lipinski definition) is 0. The fraction of sp³-hybridized carbons (Fsp3) is 0.167. The van der Waals surface area contributed by atoms with E-state index in [1.165, 1.54) is 0 Å². The number of benzene rings is 2. The van der Waals surface area contributed by atoms with Crippen molar-refractivity contribution in [1.82, 2.24) is 4.57 Å². The van der Waals surface area contributed by atoms with Crippen LogP contribution in [0.4, 0.5) is 0 Å². The average molecular weight is 309 g/mol. The summed E-state index contributed by atoms with van der Waals surface area (Å²) >= 11 is 0. The van der Waals surface area contributed by atoms with E-state index in [0.29, 0.717) is 28.1 Å². The van der Waals surface area contributed by atoms with Crippen LogP contribution in [0.5, 0.6) is 11.5 Å². The molecule has 2 aromatic heterocycles. The van der Waals surface area contributed by atoms with E-state index in [-0.39, 0.29) is 5.56 Å². The number of nitrogens with zero attached hydrogens (tertiary/aromatic N) is 1. The third-order valence-electron chi connectivity index (χ3n) is 4.23. The van der Waals surface area contributed by atoms with E-state index >= 15 is 0 Å². The Morgan fingerprint density at radius 3 is 2.30 bits per heavy atom. The first-order valence-corrected chi connectivity index (χ1v) is 7.21. The van der Waals surface area contributed by atoms with Crippen LogP contribution in [0.3, 0.4) is 0 Å². The molecule has 4 rings (SSSR count). The summed E-state index contributed by atoms with van der Waals surface area (Å²) < 4.78 is 18.1. The highest BCUT2D eigenvalue weighted by molar-refractivity contribution is 6.14. The van der Waals surface area contributed by atoms with Gasteiger partial charge >= 0.3 is 0 Å². The molecule has 0 spiro atoms. The summed E-state index contributed by atoms with van der Waals surface area (Å²) in [5, 5.41) is 2.25. The molecular weight excluding hydrogens is 294 g/mol. The number of aryl methyl sites for hydroxylation is 1. The third-order valence-corrected chi connectivity index (χ3v) is 4.23.